The summed E-state index contributed by atoms with van der Waals surface area (Å²) in [7, 11) is 0. The van der Waals surface area contributed by atoms with Crippen LogP contribution in [0.1, 0.15) is 50.2 Å². The third-order valence-electron chi connectivity index (χ3n) is 4.29. The highest BCUT2D eigenvalue weighted by atomic mass is 14.3. The van der Waals surface area contributed by atoms with Crippen LogP contribution in [0.5, 0.6) is 0 Å². The Bertz CT molecular complexity index is 425. The van der Waals surface area contributed by atoms with Crippen LogP contribution in [0.15, 0.2) is 29.8 Å². The van der Waals surface area contributed by atoms with Gasteiger partial charge in [0.15, 0.2) is 0 Å². The fourth-order valence-corrected chi connectivity index (χ4v) is 3.20. The van der Waals surface area contributed by atoms with Crippen LogP contribution in [0.4, 0.5) is 0 Å². The molecule has 0 bridgehead atoms. The van der Waals surface area contributed by atoms with Crippen molar-refractivity contribution in [1.29, 1.82) is 0 Å². The second kappa shape index (κ2) is 4.08. The monoisotopic (exact) mass is 212 g/mol. The average molecular weight is 212 g/mol. The van der Waals surface area contributed by atoms with E-state index in [0.717, 1.165) is 5.92 Å². The third-order valence-corrected chi connectivity index (χ3v) is 4.29. The molecule has 1 aromatic carbocycles. The number of benzene rings is 1. The molecule has 0 heterocycles. The molecular weight excluding hydrogens is 192 g/mol. The van der Waals surface area contributed by atoms with Gasteiger partial charge in [-0.3, -0.25) is 0 Å². The number of hydrogen-bond donors (Lipinski definition) is 0. The first-order valence-electron chi connectivity index (χ1n) is 6.64. The van der Waals surface area contributed by atoms with Gasteiger partial charge in [-0.25, -0.2) is 0 Å². The van der Waals surface area contributed by atoms with Gasteiger partial charge in [-0.1, -0.05) is 36.8 Å². The van der Waals surface area contributed by atoms with Gasteiger partial charge in [0, 0.05) is 0 Å². The number of aryl methyl sites for hydroxylation is 1. The van der Waals surface area contributed by atoms with Crippen LogP contribution < -0.4 is 0 Å². The third kappa shape index (κ3) is 1.71. The lowest BCUT2D eigenvalue weighted by molar-refractivity contribution is 0.510. The van der Waals surface area contributed by atoms with E-state index in [1.54, 1.807) is 22.3 Å². The molecule has 0 N–H and O–H groups in total. The Hall–Kier alpha value is -1.04. The van der Waals surface area contributed by atoms with Gasteiger partial charge in [0.25, 0.3) is 0 Å². The Kier molecular flexibility index (Phi) is 2.59. The van der Waals surface area contributed by atoms with Crippen LogP contribution in [0.3, 0.4) is 0 Å². The van der Waals surface area contributed by atoms with Gasteiger partial charge in [0.05, 0.1) is 0 Å². The van der Waals surface area contributed by atoms with Crippen molar-refractivity contribution in [2.45, 2.75) is 45.4 Å². The zero-order chi connectivity index (χ0) is 11.0. The van der Waals surface area contributed by atoms with E-state index in [1.807, 2.05) is 0 Å². The Labute approximate surface area is 98.4 Å². The second-order valence-corrected chi connectivity index (χ2v) is 5.42. The van der Waals surface area contributed by atoms with Gasteiger partial charge in [0.2, 0.25) is 0 Å². The highest BCUT2D eigenvalue weighted by molar-refractivity contribution is 5.73. The molecule has 0 heteroatoms. The predicted octanol–water partition coefficient (Wildman–Crippen LogP) is 4.60. The minimum atomic E-state index is 0.915. The van der Waals surface area contributed by atoms with E-state index in [0.29, 0.717) is 0 Å². The first-order chi connectivity index (χ1) is 7.84. The zero-order valence-corrected chi connectivity index (χ0v) is 10.1. The lowest BCUT2D eigenvalue weighted by atomic mass is 9.83. The number of fused-ring (bicyclic) bond motifs is 2. The standard InChI is InChI=1S/C16H20/c1-12-6-8-14-10-9-13-4-2-3-5-15(13)16(14)11-7-12/h2-5,12H,6-11H2,1H3/t12-/m0/s1. The van der Waals surface area contributed by atoms with Crippen LogP contribution in [-0.2, 0) is 6.42 Å². The van der Waals surface area contributed by atoms with E-state index in [-0.39, 0.29) is 0 Å². The Balaban J connectivity index is 2.02. The lowest BCUT2D eigenvalue weighted by Crippen LogP contribution is -2.04. The number of allylic oxidation sites excluding steroid dienone is 2. The van der Waals surface area contributed by atoms with E-state index >= 15 is 0 Å². The number of hydrogen-bond acceptors (Lipinski definition) is 0. The summed E-state index contributed by atoms with van der Waals surface area (Å²) in [6, 6.07) is 9.03. The predicted molar refractivity (Wildman–Crippen MR) is 69.3 cm³/mol. The van der Waals surface area contributed by atoms with Crippen LogP contribution in [-0.4, -0.2) is 0 Å². The van der Waals surface area contributed by atoms with Gasteiger partial charge in [-0.2, -0.15) is 0 Å². The average Bonchev–Trinajstić information content (AvgIpc) is 2.52. The van der Waals surface area contributed by atoms with Gasteiger partial charge in [-0.05, 0) is 61.1 Å². The molecule has 1 atom stereocenters. The van der Waals surface area contributed by atoms with Crippen molar-refractivity contribution in [3.05, 3.63) is 41.0 Å². The van der Waals surface area contributed by atoms with Crippen molar-refractivity contribution in [2.75, 3.05) is 0 Å². The molecule has 0 nitrogen and oxygen atoms in total. The zero-order valence-electron chi connectivity index (χ0n) is 10.1. The first kappa shape index (κ1) is 10.1. The fourth-order valence-electron chi connectivity index (χ4n) is 3.20. The summed E-state index contributed by atoms with van der Waals surface area (Å²) in [5.74, 6) is 0.915. The molecule has 0 radical (unpaired) electrons. The summed E-state index contributed by atoms with van der Waals surface area (Å²) < 4.78 is 0. The van der Waals surface area contributed by atoms with Crippen LogP contribution in [0.25, 0.3) is 5.57 Å². The van der Waals surface area contributed by atoms with Crippen molar-refractivity contribution in [3.8, 4) is 0 Å². The van der Waals surface area contributed by atoms with Gasteiger partial charge < -0.3 is 0 Å². The van der Waals surface area contributed by atoms with Crippen LogP contribution >= 0.6 is 0 Å². The molecule has 0 unspecified atom stereocenters. The maximum absolute atomic E-state index is 2.41. The van der Waals surface area contributed by atoms with E-state index in [4.69, 9.17) is 0 Å². The topological polar surface area (TPSA) is 0 Å². The molecule has 2 aliphatic rings. The summed E-state index contributed by atoms with van der Waals surface area (Å²) in [4.78, 5) is 0. The van der Waals surface area contributed by atoms with E-state index < -0.39 is 0 Å². The molecule has 0 fully saturated rings. The lowest BCUT2D eigenvalue weighted by Gasteiger charge is -2.22. The Morgan fingerprint density at radius 3 is 2.69 bits per heavy atom. The molecule has 0 aliphatic heterocycles. The van der Waals surface area contributed by atoms with E-state index in [2.05, 4.69) is 31.2 Å². The SMILES string of the molecule is C[C@H]1CCC2=C(CC1)c1ccccc1CC2. The van der Waals surface area contributed by atoms with Crippen LogP contribution in [0, 0.1) is 5.92 Å². The van der Waals surface area contributed by atoms with Crippen molar-refractivity contribution in [3.63, 3.8) is 0 Å². The van der Waals surface area contributed by atoms with Gasteiger partial charge in [0.1, 0.15) is 0 Å². The summed E-state index contributed by atoms with van der Waals surface area (Å²) in [6.07, 6.45) is 8.04. The Morgan fingerprint density at radius 2 is 1.75 bits per heavy atom. The van der Waals surface area contributed by atoms with Gasteiger partial charge in [-0.15, -0.1) is 0 Å². The smallest absolute Gasteiger partial charge is 0.0193 e. The minimum absolute atomic E-state index is 0.915. The number of rotatable bonds is 0. The molecule has 3 rings (SSSR count). The molecule has 16 heavy (non-hydrogen) atoms. The first-order valence-corrected chi connectivity index (χ1v) is 6.64. The highest BCUT2D eigenvalue weighted by Crippen LogP contribution is 2.40. The molecule has 0 saturated heterocycles. The molecular formula is C16H20. The van der Waals surface area contributed by atoms with Crippen molar-refractivity contribution in [1.82, 2.24) is 0 Å². The summed E-state index contributed by atoms with van der Waals surface area (Å²) >= 11 is 0. The maximum Gasteiger partial charge on any atom is -0.0193 e. The molecule has 0 amide bonds. The molecule has 0 spiro atoms. The molecule has 1 aromatic rings. The quantitative estimate of drug-likeness (QED) is 0.589. The van der Waals surface area contributed by atoms with Crippen molar-refractivity contribution in [2.24, 2.45) is 5.92 Å². The molecule has 2 aliphatic carbocycles. The largest absolute Gasteiger partial charge is 0.0661 e. The minimum Gasteiger partial charge on any atom is -0.0661 e. The van der Waals surface area contributed by atoms with E-state index in [1.165, 1.54) is 38.5 Å². The fraction of sp³-hybridized carbons (Fsp3) is 0.500. The van der Waals surface area contributed by atoms with Crippen molar-refractivity contribution < 1.29 is 0 Å². The normalized spacial score (nSPS) is 24.7. The van der Waals surface area contributed by atoms with Crippen molar-refractivity contribution >= 4 is 5.57 Å². The maximum atomic E-state index is 2.41. The molecule has 0 aromatic heterocycles. The summed E-state index contributed by atoms with van der Waals surface area (Å²) in [6.45, 7) is 2.41. The van der Waals surface area contributed by atoms with Crippen LogP contribution in [0.2, 0.25) is 0 Å². The van der Waals surface area contributed by atoms with Gasteiger partial charge >= 0.3 is 0 Å². The summed E-state index contributed by atoms with van der Waals surface area (Å²) in [5.41, 5.74) is 6.61. The summed E-state index contributed by atoms with van der Waals surface area (Å²) in [5, 5.41) is 0. The molecule has 84 valence electrons. The van der Waals surface area contributed by atoms with E-state index in [9.17, 15) is 0 Å². The Morgan fingerprint density at radius 1 is 0.938 bits per heavy atom. The molecule has 0 saturated carbocycles. The highest BCUT2D eigenvalue weighted by Gasteiger charge is 2.21. The second-order valence-electron chi connectivity index (χ2n) is 5.42.